The molecule has 0 fully saturated rings. The molecule has 88 valence electrons. The van der Waals surface area contributed by atoms with Gasteiger partial charge in [0.2, 0.25) is 0 Å². The Bertz CT molecular complexity index is 636. The number of allylic oxidation sites excluding steroid dienone is 6. The van der Waals surface area contributed by atoms with E-state index in [0.717, 1.165) is 0 Å². The normalized spacial score (nSPS) is 23.7. The topological polar surface area (TPSA) is 87.6 Å². The third-order valence-electron chi connectivity index (χ3n) is 2.59. The van der Waals surface area contributed by atoms with Crippen LogP contribution < -0.4 is 0 Å². The molecule has 0 saturated carbocycles. The van der Waals surface area contributed by atoms with Crippen molar-refractivity contribution >= 4 is 31.2 Å². The summed E-state index contributed by atoms with van der Waals surface area (Å²) < 4.78 is 22.9. The highest BCUT2D eigenvalue weighted by atomic mass is 35.7. The predicted molar refractivity (Wildman–Crippen MR) is 61.8 cm³/mol. The highest BCUT2D eigenvalue weighted by molar-refractivity contribution is 8.17. The van der Waals surface area contributed by atoms with Crippen molar-refractivity contribution in [3.63, 3.8) is 0 Å². The number of fused-ring (bicyclic) bond motifs is 1. The minimum atomic E-state index is -4.07. The molecule has 0 amide bonds. The molecule has 0 saturated heterocycles. The van der Waals surface area contributed by atoms with Gasteiger partial charge in [-0.2, -0.15) is 4.79 Å². The Balaban J connectivity index is 2.77. The Hall–Kier alpha value is -1.49. The zero-order valence-electron chi connectivity index (χ0n) is 8.50. The minimum absolute atomic E-state index is 0.117. The molecular weight excluding hydrogens is 264 g/mol. The van der Waals surface area contributed by atoms with Crippen LogP contribution in [0.3, 0.4) is 0 Å². The lowest BCUT2D eigenvalue weighted by atomic mass is 9.84. The molecule has 7 heteroatoms. The van der Waals surface area contributed by atoms with Gasteiger partial charge in [-0.15, -0.1) is 0 Å². The van der Waals surface area contributed by atoms with E-state index < -0.39 is 15.0 Å². The van der Waals surface area contributed by atoms with Crippen LogP contribution in [0.2, 0.25) is 0 Å². The summed E-state index contributed by atoms with van der Waals surface area (Å²) >= 11 is 0. The van der Waals surface area contributed by atoms with Crippen LogP contribution in [0.25, 0.3) is 5.53 Å². The molecule has 2 aliphatic carbocycles. The van der Waals surface area contributed by atoms with Gasteiger partial charge >= 0.3 is 5.71 Å². The molecule has 0 heterocycles. The molecule has 0 aromatic rings. The number of hydrogen-bond acceptors (Lipinski definition) is 3. The highest BCUT2D eigenvalue weighted by Gasteiger charge is 2.37. The molecule has 2 rings (SSSR count). The van der Waals surface area contributed by atoms with Crippen LogP contribution in [0.15, 0.2) is 34.8 Å². The fourth-order valence-corrected chi connectivity index (χ4v) is 3.23. The van der Waals surface area contributed by atoms with E-state index in [1.165, 1.54) is 18.2 Å². The van der Waals surface area contributed by atoms with E-state index in [-0.39, 0.29) is 28.4 Å². The Kier molecular flexibility index (Phi) is 2.87. The Morgan fingerprint density at radius 1 is 1.41 bits per heavy atom. The van der Waals surface area contributed by atoms with Crippen LogP contribution in [0.4, 0.5) is 0 Å². The van der Waals surface area contributed by atoms with Gasteiger partial charge in [0.15, 0.2) is 4.91 Å². The Labute approximate surface area is 102 Å². The van der Waals surface area contributed by atoms with Crippen LogP contribution in [0.5, 0.6) is 0 Å². The van der Waals surface area contributed by atoms with Gasteiger partial charge in [-0.3, -0.25) is 4.79 Å². The molecule has 5 nitrogen and oxygen atoms in total. The molecule has 0 spiro atoms. The summed E-state index contributed by atoms with van der Waals surface area (Å²) in [6.45, 7) is 0. The fraction of sp³-hybridized carbons (Fsp3) is 0.200. The number of carbonyl (C=O) groups excluding carboxylic acids is 1. The first kappa shape index (κ1) is 12.0. The second-order valence-corrected chi connectivity index (χ2v) is 6.12. The monoisotopic (exact) mass is 270 g/mol. The molecule has 1 unspecified atom stereocenters. The maximum atomic E-state index is 11.6. The van der Waals surface area contributed by atoms with Crippen LogP contribution >= 0.6 is 10.7 Å². The zero-order valence-corrected chi connectivity index (χ0v) is 10.1. The van der Waals surface area contributed by atoms with Crippen molar-refractivity contribution in [2.45, 2.75) is 6.42 Å². The molecule has 1 atom stereocenters. The van der Waals surface area contributed by atoms with Crippen LogP contribution in [-0.4, -0.2) is 24.7 Å². The number of Topliss-reactive ketones (excluding diaryl/α,β-unsaturated/α-hetero) is 1. The average Bonchev–Trinajstić information content (AvgIpc) is 2.26. The molecular formula is C10H7ClN2O3S. The van der Waals surface area contributed by atoms with Crippen molar-refractivity contribution < 1.29 is 18.0 Å². The molecule has 0 aliphatic heterocycles. The minimum Gasteiger partial charge on any atom is -0.361 e. The van der Waals surface area contributed by atoms with E-state index in [1.807, 2.05) is 0 Å². The molecule has 0 aromatic heterocycles. The van der Waals surface area contributed by atoms with Crippen molar-refractivity contribution in [1.82, 2.24) is 0 Å². The third kappa shape index (κ3) is 2.02. The van der Waals surface area contributed by atoms with Crippen LogP contribution in [-0.2, 0) is 13.8 Å². The van der Waals surface area contributed by atoms with Gasteiger partial charge in [-0.05, 0) is 5.57 Å². The SMILES string of the molecule is [N-]=[N+]=C1C=CC2C(=O)CC=CC2=C1S(=O)(=O)Cl. The number of halogens is 1. The van der Waals surface area contributed by atoms with Gasteiger partial charge in [0, 0.05) is 23.2 Å². The van der Waals surface area contributed by atoms with Crippen molar-refractivity contribution in [2.24, 2.45) is 5.92 Å². The van der Waals surface area contributed by atoms with E-state index in [1.54, 1.807) is 6.08 Å². The van der Waals surface area contributed by atoms with Gasteiger partial charge in [0.25, 0.3) is 9.05 Å². The van der Waals surface area contributed by atoms with Crippen LogP contribution in [0, 0.1) is 5.92 Å². The van der Waals surface area contributed by atoms with Crippen molar-refractivity contribution in [3.05, 3.63) is 40.3 Å². The second kappa shape index (κ2) is 4.07. The number of carbonyl (C=O) groups is 1. The summed E-state index contributed by atoms with van der Waals surface area (Å²) in [5.74, 6) is -0.748. The third-order valence-corrected chi connectivity index (χ3v) is 3.99. The van der Waals surface area contributed by atoms with Gasteiger partial charge in [0.05, 0.1) is 5.92 Å². The summed E-state index contributed by atoms with van der Waals surface area (Å²) in [5, 5.41) is 0. The Morgan fingerprint density at radius 3 is 2.71 bits per heavy atom. The predicted octanol–water partition coefficient (Wildman–Crippen LogP) is 1.19. The lowest BCUT2D eigenvalue weighted by molar-refractivity contribution is -0.119. The first-order chi connectivity index (χ1) is 7.95. The summed E-state index contributed by atoms with van der Waals surface area (Å²) in [7, 11) is 1.22. The number of nitrogens with zero attached hydrogens (tertiary/aromatic N) is 2. The van der Waals surface area contributed by atoms with Gasteiger partial charge in [-0.1, -0.05) is 18.2 Å². The molecule has 0 N–H and O–H groups in total. The van der Waals surface area contributed by atoms with Gasteiger partial charge in [-0.25, -0.2) is 8.42 Å². The summed E-state index contributed by atoms with van der Waals surface area (Å²) in [6.07, 6.45) is 6.11. The summed E-state index contributed by atoms with van der Waals surface area (Å²) in [5.41, 5.74) is 8.85. The van der Waals surface area contributed by atoms with E-state index >= 15 is 0 Å². The first-order valence-corrected chi connectivity index (χ1v) is 7.05. The zero-order chi connectivity index (χ0) is 12.6. The lowest BCUT2D eigenvalue weighted by Gasteiger charge is -2.20. The van der Waals surface area contributed by atoms with Crippen molar-refractivity contribution in [1.29, 1.82) is 0 Å². The second-order valence-electron chi connectivity index (χ2n) is 3.62. The van der Waals surface area contributed by atoms with E-state index in [9.17, 15) is 13.2 Å². The van der Waals surface area contributed by atoms with Crippen LogP contribution in [0.1, 0.15) is 6.42 Å². The van der Waals surface area contributed by atoms with Gasteiger partial charge in [0.1, 0.15) is 5.78 Å². The largest absolute Gasteiger partial charge is 0.361 e. The molecule has 2 aliphatic rings. The van der Waals surface area contributed by atoms with E-state index in [0.29, 0.717) is 0 Å². The maximum Gasteiger partial charge on any atom is 0.335 e. The van der Waals surface area contributed by atoms with Crippen molar-refractivity contribution in [3.8, 4) is 0 Å². The lowest BCUT2D eigenvalue weighted by Crippen LogP contribution is -2.25. The summed E-state index contributed by atoms with van der Waals surface area (Å²) in [6, 6.07) is 0. The Morgan fingerprint density at radius 2 is 2.12 bits per heavy atom. The fourth-order valence-electron chi connectivity index (χ4n) is 1.89. The first-order valence-electron chi connectivity index (χ1n) is 4.74. The quantitative estimate of drug-likeness (QED) is 0.407. The number of hydrogen-bond donors (Lipinski definition) is 0. The number of rotatable bonds is 1. The molecule has 17 heavy (non-hydrogen) atoms. The van der Waals surface area contributed by atoms with Gasteiger partial charge < -0.3 is 5.53 Å². The molecule has 0 aromatic carbocycles. The number of ketones is 1. The highest BCUT2D eigenvalue weighted by Crippen LogP contribution is 2.33. The standard InChI is InChI=1S/C10H7ClN2O3S/c11-17(15,16)10-7-2-1-3-9(14)6(7)4-5-8(10)13-12/h1-2,4-6H,3H2. The molecule has 0 bridgehead atoms. The maximum absolute atomic E-state index is 11.6. The smallest absolute Gasteiger partial charge is 0.335 e. The van der Waals surface area contributed by atoms with E-state index in [4.69, 9.17) is 16.2 Å². The average molecular weight is 271 g/mol. The summed E-state index contributed by atoms with van der Waals surface area (Å²) in [4.78, 5) is 14.2. The molecule has 0 radical (unpaired) electrons. The van der Waals surface area contributed by atoms with Crippen molar-refractivity contribution in [2.75, 3.05) is 0 Å². The van der Waals surface area contributed by atoms with E-state index in [2.05, 4.69) is 4.79 Å².